The molecule has 1 aliphatic heterocycles. The van der Waals surface area contributed by atoms with E-state index in [2.05, 4.69) is 5.32 Å². The standard InChI is InChI=1S/C17H30N2O3/c1-13(20)19-10-8-14(9-11-19)16(21)18-12-17(2,22)15-6-4-3-5-7-15/h14-15,22H,3-12H2,1-2H3,(H,18,21)/t17-/m1/s1. The average molecular weight is 310 g/mol. The molecule has 1 aliphatic carbocycles. The van der Waals surface area contributed by atoms with Crippen molar-refractivity contribution in [3.8, 4) is 0 Å². The summed E-state index contributed by atoms with van der Waals surface area (Å²) in [5.41, 5.74) is -0.809. The van der Waals surface area contributed by atoms with Crippen molar-refractivity contribution in [2.45, 2.75) is 64.4 Å². The van der Waals surface area contributed by atoms with Crippen molar-refractivity contribution < 1.29 is 14.7 Å². The quantitative estimate of drug-likeness (QED) is 0.830. The zero-order valence-electron chi connectivity index (χ0n) is 13.9. The van der Waals surface area contributed by atoms with Gasteiger partial charge in [-0.3, -0.25) is 9.59 Å². The molecule has 5 nitrogen and oxygen atoms in total. The molecule has 0 aromatic rings. The Kier molecular flexibility index (Phi) is 5.84. The number of aliphatic hydroxyl groups is 1. The number of rotatable bonds is 4. The predicted octanol–water partition coefficient (Wildman–Crippen LogP) is 1.69. The second-order valence-electron chi connectivity index (χ2n) is 7.19. The van der Waals surface area contributed by atoms with Crippen LogP contribution in [0.2, 0.25) is 0 Å². The van der Waals surface area contributed by atoms with Gasteiger partial charge >= 0.3 is 0 Å². The highest BCUT2D eigenvalue weighted by Crippen LogP contribution is 2.32. The van der Waals surface area contributed by atoms with Gasteiger partial charge in [0, 0.05) is 32.5 Å². The number of hydrogen-bond donors (Lipinski definition) is 2. The summed E-state index contributed by atoms with van der Waals surface area (Å²) in [6, 6.07) is 0. The molecule has 0 radical (unpaired) electrons. The molecule has 2 amide bonds. The summed E-state index contributed by atoms with van der Waals surface area (Å²) >= 11 is 0. The molecule has 0 bridgehead atoms. The van der Waals surface area contributed by atoms with E-state index in [1.807, 2.05) is 6.92 Å². The Morgan fingerprint density at radius 3 is 2.27 bits per heavy atom. The van der Waals surface area contributed by atoms with Gasteiger partial charge in [-0.15, -0.1) is 0 Å². The fourth-order valence-corrected chi connectivity index (χ4v) is 3.74. The Morgan fingerprint density at radius 2 is 1.73 bits per heavy atom. The molecule has 2 rings (SSSR count). The molecule has 0 aromatic heterocycles. The SMILES string of the molecule is CC(=O)N1CCC(C(=O)NC[C@@](C)(O)C2CCCCC2)CC1. The fraction of sp³-hybridized carbons (Fsp3) is 0.882. The van der Waals surface area contributed by atoms with Gasteiger partial charge in [-0.2, -0.15) is 0 Å². The number of piperidine rings is 1. The lowest BCUT2D eigenvalue weighted by Crippen LogP contribution is -2.49. The van der Waals surface area contributed by atoms with Gasteiger partial charge in [-0.25, -0.2) is 0 Å². The van der Waals surface area contributed by atoms with E-state index < -0.39 is 5.60 Å². The van der Waals surface area contributed by atoms with Crippen molar-refractivity contribution in [2.24, 2.45) is 11.8 Å². The first-order valence-electron chi connectivity index (χ1n) is 8.66. The minimum atomic E-state index is -0.809. The zero-order valence-corrected chi connectivity index (χ0v) is 13.9. The van der Waals surface area contributed by atoms with Crippen molar-refractivity contribution in [3.63, 3.8) is 0 Å². The lowest BCUT2D eigenvalue weighted by Gasteiger charge is -2.36. The van der Waals surface area contributed by atoms with Gasteiger partial charge in [-0.1, -0.05) is 19.3 Å². The maximum atomic E-state index is 12.3. The Hall–Kier alpha value is -1.10. The van der Waals surface area contributed by atoms with Crippen LogP contribution in [0.4, 0.5) is 0 Å². The van der Waals surface area contributed by atoms with Crippen molar-refractivity contribution in [1.29, 1.82) is 0 Å². The van der Waals surface area contributed by atoms with Gasteiger partial charge in [0.2, 0.25) is 11.8 Å². The van der Waals surface area contributed by atoms with Crippen LogP contribution in [0.3, 0.4) is 0 Å². The molecule has 1 heterocycles. The van der Waals surface area contributed by atoms with E-state index in [0.717, 1.165) is 25.7 Å². The third kappa shape index (κ3) is 4.45. The Labute approximate surface area is 133 Å². The lowest BCUT2D eigenvalue weighted by molar-refractivity contribution is -0.134. The lowest BCUT2D eigenvalue weighted by atomic mass is 9.78. The van der Waals surface area contributed by atoms with Crippen LogP contribution in [-0.4, -0.2) is 47.1 Å². The Balaban J connectivity index is 1.76. The van der Waals surface area contributed by atoms with Crippen LogP contribution in [-0.2, 0) is 9.59 Å². The summed E-state index contributed by atoms with van der Waals surface area (Å²) in [6.45, 7) is 5.08. The molecule has 2 N–H and O–H groups in total. The number of carbonyl (C=O) groups is 2. The molecule has 2 aliphatic rings. The van der Waals surface area contributed by atoms with Gasteiger partial charge in [0.05, 0.1) is 5.60 Å². The van der Waals surface area contributed by atoms with E-state index in [1.165, 1.54) is 19.3 Å². The molecule has 1 atom stereocenters. The first kappa shape index (κ1) is 17.3. The van der Waals surface area contributed by atoms with E-state index in [4.69, 9.17) is 0 Å². The number of nitrogens with zero attached hydrogens (tertiary/aromatic N) is 1. The fourth-order valence-electron chi connectivity index (χ4n) is 3.74. The second kappa shape index (κ2) is 7.44. The normalized spacial score (nSPS) is 23.9. The molecular weight excluding hydrogens is 280 g/mol. The predicted molar refractivity (Wildman–Crippen MR) is 85.2 cm³/mol. The molecule has 5 heteroatoms. The molecule has 0 unspecified atom stereocenters. The largest absolute Gasteiger partial charge is 0.388 e. The van der Waals surface area contributed by atoms with Crippen LogP contribution < -0.4 is 5.32 Å². The Morgan fingerprint density at radius 1 is 1.14 bits per heavy atom. The van der Waals surface area contributed by atoms with Crippen LogP contribution in [0.15, 0.2) is 0 Å². The molecular formula is C17H30N2O3. The van der Waals surface area contributed by atoms with Crippen LogP contribution in [0.1, 0.15) is 58.8 Å². The first-order chi connectivity index (χ1) is 10.4. The molecule has 126 valence electrons. The van der Waals surface area contributed by atoms with Crippen molar-refractivity contribution >= 4 is 11.8 Å². The summed E-state index contributed by atoms with van der Waals surface area (Å²) in [5.74, 6) is 0.372. The summed E-state index contributed by atoms with van der Waals surface area (Å²) in [6.07, 6.45) is 7.16. The number of likely N-dealkylation sites (tertiary alicyclic amines) is 1. The number of carbonyl (C=O) groups excluding carboxylic acids is 2. The number of nitrogens with one attached hydrogen (secondary N) is 1. The van der Waals surface area contributed by atoms with Crippen molar-refractivity contribution in [2.75, 3.05) is 19.6 Å². The highest BCUT2D eigenvalue weighted by Gasteiger charge is 2.34. The van der Waals surface area contributed by atoms with Gasteiger partial charge in [0.1, 0.15) is 0 Å². The zero-order chi connectivity index (χ0) is 16.2. The van der Waals surface area contributed by atoms with Crippen LogP contribution in [0.5, 0.6) is 0 Å². The Bertz CT molecular complexity index is 395. The molecule has 0 spiro atoms. The van der Waals surface area contributed by atoms with Crippen molar-refractivity contribution in [1.82, 2.24) is 10.2 Å². The maximum absolute atomic E-state index is 12.3. The van der Waals surface area contributed by atoms with Crippen molar-refractivity contribution in [3.05, 3.63) is 0 Å². The van der Waals surface area contributed by atoms with Gasteiger partial charge in [0.25, 0.3) is 0 Å². The minimum absolute atomic E-state index is 0.0271. The van der Waals surface area contributed by atoms with Gasteiger partial charge in [0.15, 0.2) is 0 Å². The van der Waals surface area contributed by atoms with Gasteiger partial charge < -0.3 is 15.3 Å². The molecule has 1 saturated carbocycles. The van der Waals surface area contributed by atoms with E-state index in [-0.39, 0.29) is 17.7 Å². The van der Waals surface area contributed by atoms with E-state index in [1.54, 1.807) is 11.8 Å². The highest BCUT2D eigenvalue weighted by atomic mass is 16.3. The van der Waals surface area contributed by atoms with E-state index in [0.29, 0.717) is 25.6 Å². The summed E-state index contributed by atoms with van der Waals surface area (Å²) in [4.78, 5) is 25.4. The summed E-state index contributed by atoms with van der Waals surface area (Å²) in [7, 11) is 0. The van der Waals surface area contributed by atoms with Crippen LogP contribution in [0.25, 0.3) is 0 Å². The second-order valence-corrected chi connectivity index (χ2v) is 7.19. The highest BCUT2D eigenvalue weighted by molar-refractivity contribution is 5.79. The minimum Gasteiger partial charge on any atom is -0.388 e. The third-order valence-electron chi connectivity index (χ3n) is 5.42. The van der Waals surface area contributed by atoms with Gasteiger partial charge in [-0.05, 0) is 38.5 Å². The average Bonchev–Trinajstić information content (AvgIpc) is 2.53. The third-order valence-corrected chi connectivity index (χ3v) is 5.42. The van der Waals surface area contributed by atoms with E-state index >= 15 is 0 Å². The molecule has 22 heavy (non-hydrogen) atoms. The number of hydrogen-bond acceptors (Lipinski definition) is 3. The number of amides is 2. The molecule has 0 aromatic carbocycles. The van der Waals surface area contributed by atoms with Crippen LogP contribution in [0, 0.1) is 11.8 Å². The monoisotopic (exact) mass is 310 g/mol. The smallest absolute Gasteiger partial charge is 0.223 e. The summed E-state index contributed by atoms with van der Waals surface area (Å²) < 4.78 is 0. The topological polar surface area (TPSA) is 69.6 Å². The molecule has 2 fully saturated rings. The van der Waals surface area contributed by atoms with Crippen LogP contribution >= 0.6 is 0 Å². The maximum Gasteiger partial charge on any atom is 0.223 e. The first-order valence-corrected chi connectivity index (χ1v) is 8.66. The summed E-state index contributed by atoms with van der Waals surface area (Å²) in [5, 5.41) is 13.6. The van der Waals surface area contributed by atoms with E-state index in [9.17, 15) is 14.7 Å². The molecule has 1 saturated heterocycles.